The van der Waals surface area contributed by atoms with E-state index in [-0.39, 0.29) is 12.1 Å². The standard InChI is InChI=1S/C21H19F3N4OS/c22-21(23,24)15-5-6-18(28-8-1-2-9-28)17(10-15)27-19(29)11-16-13-30-20(26-16)14-4-3-7-25-12-14/h3-7,10,12-13H,1-2,8-9,11H2,(H,27,29). The molecule has 1 fully saturated rings. The molecule has 3 heterocycles. The maximum absolute atomic E-state index is 13.2. The largest absolute Gasteiger partial charge is 0.416 e. The first-order valence-corrected chi connectivity index (χ1v) is 10.4. The number of hydrogen-bond donors (Lipinski definition) is 1. The molecule has 1 aliphatic heterocycles. The monoisotopic (exact) mass is 432 g/mol. The molecule has 5 nitrogen and oxygen atoms in total. The SMILES string of the molecule is O=C(Cc1csc(-c2cccnc2)n1)Nc1cc(C(F)(F)F)ccc1N1CCCC1. The third kappa shape index (κ3) is 4.62. The third-order valence-electron chi connectivity index (χ3n) is 4.85. The molecular formula is C21H19F3N4OS. The van der Waals surface area contributed by atoms with Gasteiger partial charge in [0.15, 0.2) is 0 Å². The van der Waals surface area contributed by atoms with Crippen molar-refractivity contribution in [3.05, 3.63) is 59.4 Å². The number of pyridine rings is 1. The van der Waals surface area contributed by atoms with Crippen LogP contribution >= 0.6 is 11.3 Å². The number of carbonyl (C=O) groups is 1. The van der Waals surface area contributed by atoms with Gasteiger partial charge >= 0.3 is 6.18 Å². The number of halogens is 3. The van der Waals surface area contributed by atoms with E-state index in [0.717, 1.165) is 48.6 Å². The number of amides is 1. The topological polar surface area (TPSA) is 58.1 Å². The Morgan fingerprint density at radius 2 is 2.00 bits per heavy atom. The van der Waals surface area contributed by atoms with Crippen molar-refractivity contribution >= 4 is 28.6 Å². The van der Waals surface area contributed by atoms with Crippen LogP contribution in [-0.2, 0) is 17.4 Å². The van der Waals surface area contributed by atoms with E-state index >= 15 is 0 Å². The number of benzene rings is 1. The van der Waals surface area contributed by atoms with Gasteiger partial charge < -0.3 is 10.2 Å². The van der Waals surface area contributed by atoms with Crippen LogP contribution in [0.4, 0.5) is 24.5 Å². The molecule has 1 aliphatic rings. The second-order valence-electron chi connectivity index (χ2n) is 7.03. The Morgan fingerprint density at radius 3 is 2.70 bits per heavy atom. The predicted molar refractivity (Wildman–Crippen MR) is 111 cm³/mol. The van der Waals surface area contributed by atoms with Crippen LogP contribution in [0.5, 0.6) is 0 Å². The quantitative estimate of drug-likeness (QED) is 0.616. The lowest BCUT2D eigenvalue weighted by molar-refractivity contribution is -0.137. The average molecular weight is 432 g/mol. The number of aromatic nitrogens is 2. The molecule has 1 amide bonds. The van der Waals surface area contributed by atoms with Gasteiger partial charge in [-0.05, 0) is 43.2 Å². The molecule has 0 spiro atoms. The summed E-state index contributed by atoms with van der Waals surface area (Å²) in [6, 6.07) is 7.18. The van der Waals surface area contributed by atoms with Crippen LogP contribution in [0.15, 0.2) is 48.1 Å². The lowest BCUT2D eigenvalue weighted by Gasteiger charge is -2.23. The highest BCUT2D eigenvalue weighted by atomic mass is 32.1. The number of hydrogen-bond acceptors (Lipinski definition) is 5. The van der Waals surface area contributed by atoms with Gasteiger partial charge in [0.1, 0.15) is 5.01 Å². The van der Waals surface area contributed by atoms with Crippen LogP contribution < -0.4 is 10.2 Å². The van der Waals surface area contributed by atoms with Crippen molar-refractivity contribution < 1.29 is 18.0 Å². The maximum Gasteiger partial charge on any atom is 0.416 e. The lowest BCUT2D eigenvalue weighted by Crippen LogP contribution is -2.22. The molecule has 0 aliphatic carbocycles. The molecule has 0 atom stereocenters. The van der Waals surface area contributed by atoms with Crippen LogP contribution in [-0.4, -0.2) is 29.0 Å². The summed E-state index contributed by atoms with van der Waals surface area (Å²) in [7, 11) is 0. The maximum atomic E-state index is 13.2. The molecule has 156 valence electrons. The molecule has 30 heavy (non-hydrogen) atoms. The zero-order chi connectivity index (χ0) is 21.1. The van der Waals surface area contributed by atoms with Crippen molar-refractivity contribution in [1.82, 2.24) is 9.97 Å². The Kier molecular flexibility index (Phi) is 5.72. The highest BCUT2D eigenvalue weighted by Gasteiger charge is 2.32. The summed E-state index contributed by atoms with van der Waals surface area (Å²) >= 11 is 1.39. The van der Waals surface area contributed by atoms with Crippen LogP contribution in [0.2, 0.25) is 0 Å². The molecule has 0 radical (unpaired) electrons. The van der Waals surface area contributed by atoms with Crippen molar-refractivity contribution in [3.8, 4) is 10.6 Å². The Bertz CT molecular complexity index is 1030. The zero-order valence-electron chi connectivity index (χ0n) is 15.9. The summed E-state index contributed by atoms with van der Waals surface area (Å²) in [6.07, 6.45) is 0.809. The van der Waals surface area contributed by atoms with Gasteiger partial charge in [-0.1, -0.05) is 0 Å². The minimum Gasteiger partial charge on any atom is -0.370 e. The van der Waals surface area contributed by atoms with Crippen molar-refractivity contribution in [2.24, 2.45) is 0 Å². The van der Waals surface area contributed by atoms with E-state index in [1.54, 1.807) is 23.8 Å². The number of nitrogens with one attached hydrogen (secondary N) is 1. The van der Waals surface area contributed by atoms with Gasteiger partial charge in [0.2, 0.25) is 5.91 Å². The Labute approximate surface area is 175 Å². The van der Waals surface area contributed by atoms with Gasteiger partial charge in [-0.15, -0.1) is 11.3 Å². The van der Waals surface area contributed by atoms with E-state index < -0.39 is 17.6 Å². The average Bonchev–Trinajstić information content (AvgIpc) is 3.40. The van der Waals surface area contributed by atoms with E-state index in [4.69, 9.17) is 0 Å². The molecule has 2 aromatic heterocycles. The first kappa shape index (κ1) is 20.3. The number of carbonyl (C=O) groups excluding carboxylic acids is 1. The van der Waals surface area contributed by atoms with Gasteiger partial charge in [0, 0.05) is 36.4 Å². The molecule has 1 aromatic carbocycles. The molecule has 4 rings (SSSR count). The van der Waals surface area contributed by atoms with E-state index in [0.29, 0.717) is 11.4 Å². The fourth-order valence-corrected chi connectivity index (χ4v) is 4.23. The summed E-state index contributed by atoms with van der Waals surface area (Å²) in [5, 5.41) is 5.18. The summed E-state index contributed by atoms with van der Waals surface area (Å²) in [4.78, 5) is 23.1. The van der Waals surface area contributed by atoms with Crippen LogP contribution in [0.1, 0.15) is 24.1 Å². The van der Waals surface area contributed by atoms with Crippen molar-refractivity contribution in [2.75, 3.05) is 23.3 Å². The normalized spacial score (nSPS) is 14.2. The van der Waals surface area contributed by atoms with Crippen LogP contribution in [0.25, 0.3) is 10.6 Å². The Hall–Kier alpha value is -2.94. The molecule has 0 bridgehead atoms. The molecular weight excluding hydrogens is 413 g/mol. The Morgan fingerprint density at radius 1 is 1.20 bits per heavy atom. The van der Waals surface area contributed by atoms with Crippen LogP contribution in [0, 0.1) is 0 Å². The lowest BCUT2D eigenvalue weighted by atomic mass is 10.1. The van der Waals surface area contributed by atoms with Gasteiger partial charge in [0.05, 0.1) is 29.1 Å². The first-order chi connectivity index (χ1) is 14.4. The fourth-order valence-electron chi connectivity index (χ4n) is 3.42. The minimum atomic E-state index is -4.48. The highest BCUT2D eigenvalue weighted by molar-refractivity contribution is 7.13. The predicted octanol–water partition coefficient (Wildman–Crippen LogP) is 5.01. The molecule has 3 aromatic rings. The second-order valence-corrected chi connectivity index (χ2v) is 7.89. The first-order valence-electron chi connectivity index (χ1n) is 9.51. The van der Waals surface area contributed by atoms with E-state index in [1.165, 1.54) is 17.4 Å². The highest BCUT2D eigenvalue weighted by Crippen LogP contribution is 2.36. The molecule has 9 heteroatoms. The van der Waals surface area contributed by atoms with Gasteiger partial charge in [-0.2, -0.15) is 13.2 Å². The zero-order valence-corrected chi connectivity index (χ0v) is 16.8. The summed E-state index contributed by atoms with van der Waals surface area (Å²) in [5.74, 6) is -0.405. The van der Waals surface area contributed by atoms with Gasteiger partial charge in [-0.25, -0.2) is 4.98 Å². The number of nitrogens with zero attached hydrogens (tertiary/aromatic N) is 3. The second kappa shape index (κ2) is 8.43. The smallest absolute Gasteiger partial charge is 0.370 e. The molecule has 1 N–H and O–H groups in total. The minimum absolute atomic E-state index is 0.0214. The van der Waals surface area contributed by atoms with E-state index in [9.17, 15) is 18.0 Å². The van der Waals surface area contributed by atoms with Gasteiger partial charge in [-0.3, -0.25) is 9.78 Å². The van der Waals surface area contributed by atoms with Crippen molar-refractivity contribution in [2.45, 2.75) is 25.4 Å². The van der Waals surface area contributed by atoms with Crippen molar-refractivity contribution in [1.29, 1.82) is 0 Å². The third-order valence-corrected chi connectivity index (χ3v) is 5.79. The van der Waals surface area contributed by atoms with Gasteiger partial charge in [0.25, 0.3) is 0 Å². The number of alkyl halides is 3. The number of rotatable bonds is 5. The van der Waals surface area contributed by atoms with Crippen molar-refractivity contribution in [3.63, 3.8) is 0 Å². The summed E-state index contributed by atoms with van der Waals surface area (Å²) < 4.78 is 39.6. The Balaban J connectivity index is 1.52. The fraction of sp³-hybridized carbons (Fsp3) is 0.286. The van der Waals surface area contributed by atoms with E-state index in [1.807, 2.05) is 11.0 Å². The number of anilines is 2. The molecule has 0 saturated carbocycles. The van der Waals surface area contributed by atoms with Crippen LogP contribution in [0.3, 0.4) is 0 Å². The summed E-state index contributed by atoms with van der Waals surface area (Å²) in [5.41, 5.74) is 1.42. The molecule has 0 unspecified atom stereocenters. The van der Waals surface area contributed by atoms with E-state index in [2.05, 4.69) is 15.3 Å². The molecule has 1 saturated heterocycles. The number of thiazole rings is 1. The summed E-state index contributed by atoms with van der Waals surface area (Å²) in [6.45, 7) is 1.52.